The van der Waals surface area contributed by atoms with E-state index in [4.69, 9.17) is 14.2 Å². The van der Waals surface area contributed by atoms with E-state index in [1.165, 1.54) is 13.3 Å². The lowest BCUT2D eigenvalue weighted by atomic mass is 10.2. The zero-order valence-electron chi connectivity index (χ0n) is 22.1. The smallest absolute Gasteiger partial charge is 0.338 e. The summed E-state index contributed by atoms with van der Waals surface area (Å²) in [7, 11) is 1.45. The molecule has 0 aliphatic heterocycles. The Morgan fingerprint density at radius 2 is 1.48 bits per heavy atom. The molecule has 3 amide bonds. The molecule has 11 heteroatoms. The maximum atomic E-state index is 12.3. The number of carbonyl (C=O) groups excluding carboxylic acids is 4. The average Bonchev–Trinajstić information content (AvgIpc) is 2.96. The molecule has 0 radical (unpaired) electrons. The summed E-state index contributed by atoms with van der Waals surface area (Å²) in [5.41, 5.74) is 4.54. The summed E-state index contributed by atoms with van der Waals surface area (Å²) in [6.07, 6.45) is 1.41. The van der Waals surface area contributed by atoms with Crippen LogP contribution in [0, 0.1) is 0 Å². The first-order chi connectivity index (χ1) is 19.4. The van der Waals surface area contributed by atoms with Crippen molar-refractivity contribution in [2.24, 2.45) is 5.10 Å². The fourth-order valence-electron chi connectivity index (χ4n) is 3.33. The topological polar surface area (TPSA) is 144 Å². The van der Waals surface area contributed by atoms with Gasteiger partial charge in [-0.3, -0.25) is 14.4 Å². The Balaban J connectivity index is 1.44. The van der Waals surface area contributed by atoms with Crippen LogP contribution in [-0.2, 0) is 19.1 Å². The van der Waals surface area contributed by atoms with Gasteiger partial charge in [0.15, 0.2) is 18.1 Å². The molecular formula is C29H30N4O7. The minimum Gasteiger partial charge on any atom is -0.493 e. The Bertz CT molecular complexity index is 1340. The molecule has 0 fully saturated rings. The number of hydrogen-bond donors (Lipinski definition) is 3. The van der Waals surface area contributed by atoms with Crippen molar-refractivity contribution < 1.29 is 33.4 Å². The molecule has 3 aromatic carbocycles. The van der Waals surface area contributed by atoms with Crippen LogP contribution in [0.1, 0.15) is 35.7 Å². The largest absolute Gasteiger partial charge is 0.493 e. The summed E-state index contributed by atoms with van der Waals surface area (Å²) in [5, 5.41) is 9.31. The third kappa shape index (κ3) is 9.60. The summed E-state index contributed by atoms with van der Waals surface area (Å²) in [5.74, 6) is -0.827. The summed E-state index contributed by atoms with van der Waals surface area (Å²) in [6, 6.07) is 20.2. The van der Waals surface area contributed by atoms with Gasteiger partial charge in [0, 0.05) is 24.2 Å². The molecule has 0 aliphatic carbocycles. The molecule has 0 saturated carbocycles. The number of hydrazone groups is 1. The lowest BCUT2D eigenvalue weighted by Crippen LogP contribution is -2.20. The predicted molar refractivity (Wildman–Crippen MR) is 150 cm³/mol. The molecule has 3 N–H and O–H groups in total. The second-order valence-electron chi connectivity index (χ2n) is 8.25. The van der Waals surface area contributed by atoms with E-state index in [1.54, 1.807) is 73.7 Å². The van der Waals surface area contributed by atoms with Gasteiger partial charge in [0.25, 0.3) is 5.91 Å². The first-order valence-corrected chi connectivity index (χ1v) is 12.4. The van der Waals surface area contributed by atoms with Gasteiger partial charge in [-0.05, 0) is 67.1 Å². The van der Waals surface area contributed by atoms with Crippen molar-refractivity contribution in [2.75, 3.05) is 31.0 Å². The second kappa shape index (κ2) is 15.3. The number of nitrogens with zero attached hydrogens (tertiary/aromatic N) is 1. The number of para-hydroxylation sites is 1. The molecule has 0 heterocycles. The van der Waals surface area contributed by atoms with Crippen molar-refractivity contribution in [1.82, 2.24) is 5.43 Å². The highest BCUT2D eigenvalue weighted by atomic mass is 16.5. The molecule has 0 saturated heterocycles. The third-order valence-electron chi connectivity index (χ3n) is 5.27. The number of benzene rings is 3. The van der Waals surface area contributed by atoms with Gasteiger partial charge < -0.3 is 24.8 Å². The second-order valence-corrected chi connectivity index (χ2v) is 8.25. The van der Waals surface area contributed by atoms with Crippen molar-refractivity contribution in [1.29, 1.82) is 0 Å². The van der Waals surface area contributed by atoms with Gasteiger partial charge in [0.05, 0.1) is 25.5 Å². The van der Waals surface area contributed by atoms with Crippen LogP contribution in [0.15, 0.2) is 77.9 Å². The molecule has 0 unspecified atom stereocenters. The number of ether oxygens (including phenoxy) is 3. The SMILES string of the molecule is CCOC(=O)c1ccc(NC(=O)COc2ccc(C=NNC(=O)CCC(=O)Nc3ccccc3)cc2OC)cc1. The average molecular weight is 547 g/mol. The minimum atomic E-state index is -0.435. The molecule has 0 bridgehead atoms. The molecule has 0 aromatic heterocycles. The van der Waals surface area contributed by atoms with Crippen LogP contribution < -0.4 is 25.5 Å². The minimum absolute atomic E-state index is 0.0165. The maximum absolute atomic E-state index is 12.3. The lowest BCUT2D eigenvalue weighted by Gasteiger charge is -2.11. The fraction of sp³-hybridized carbons (Fsp3) is 0.207. The van der Waals surface area contributed by atoms with Gasteiger partial charge in [-0.2, -0.15) is 5.10 Å². The summed E-state index contributed by atoms with van der Waals surface area (Å²) in [4.78, 5) is 48.0. The van der Waals surface area contributed by atoms with Crippen molar-refractivity contribution in [3.8, 4) is 11.5 Å². The van der Waals surface area contributed by atoms with Gasteiger partial charge >= 0.3 is 5.97 Å². The molecule has 3 aromatic rings. The van der Waals surface area contributed by atoms with E-state index in [0.29, 0.717) is 34.0 Å². The molecule has 0 atom stereocenters. The zero-order valence-corrected chi connectivity index (χ0v) is 22.1. The van der Waals surface area contributed by atoms with Gasteiger partial charge in [-0.15, -0.1) is 0 Å². The number of anilines is 2. The van der Waals surface area contributed by atoms with E-state index >= 15 is 0 Å². The number of carbonyl (C=O) groups is 4. The van der Waals surface area contributed by atoms with Crippen LogP contribution in [0.4, 0.5) is 11.4 Å². The Labute approximate surface area is 231 Å². The first kappa shape index (κ1) is 29.4. The first-order valence-electron chi connectivity index (χ1n) is 12.4. The standard InChI is InChI=1S/C29H30N4O7/c1-3-39-29(37)21-10-12-23(13-11-21)32-28(36)19-40-24-14-9-20(17-25(24)38-2)18-30-33-27(35)16-15-26(34)31-22-7-5-4-6-8-22/h4-14,17-18H,3,15-16,19H2,1-2H3,(H,31,34)(H,32,36)(H,33,35). The van der Waals surface area contributed by atoms with Gasteiger partial charge in [-0.1, -0.05) is 18.2 Å². The maximum Gasteiger partial charge on any atom is 0.338 e. The molecular weight excluding hydrogens is 516 g/mol. The molecule has 0 spiro atoms. The molecule has 3 rings (SSSR count). The molecule has 11 nitrogen and oxygen atoms in total. The highest BCUT2D eigenvalue weighted by Gasteiger charge is 2.11. The van der Waals surface area contributed by atoms with Crippen LogP contribution >= 0.6 is 0 Å². The van der Waals surface area contributed by atoms with Crippen molar-refractivity contribution in [3.05, 3.63) is 83.9 Å². The fourth-order valence-corrected chi connectivity index (χ4v) is 3.33. The zero-order chi connectivity index (χ0) is 28.7. The lowest BCUT2D eigenvalue weighted by molar-refractivity contribution is -0.124. The van der Waals surface area contributed by atoms with Crippen LogP contribution in [0.5, 0.6) is 11.5 Å². The molecule has 208 valence electrons. The predicted octanol–water partition coefficient (Wildman–Crippen LogP) is 3.76. The monoisotopic (exact) mass is 546 g/mol. The van der Waals surface area contributed by atoms with Crippen LogP contribution in [0.3, 0.4) is 0 Å². The van der Waals surface area contributed by atoms with Gasteiger partial charge in [0.1, 0.15) is 0 Å². The van der Waals surface area contributed by atoms with Crippen molar-refractivity contribution >= 4 is 41.3 Å². The van der Waals surface area contributed by atoms with E-state index in [9.17, 15) is 19.2 Å². The number of hydrogen-bond acceptors (Lipinski definition) is 8. The highest BCUT2D eigenvalue weighted by molar-refractivity contribution is 5.94. The van der Waals surface area contributed by atoms with Crippen molar-refractivity contribution in [3.63, 3.8) is 0 Å². The Kier molecular flexibility index (Phi) is 11.2. The van der Waals surface area contributed by atoms with Crippen LogP contribution in [0.2, 0.25) is 0 Å². The van der Waals surface area contributed by atoms with Gasteiger partial charge in [0.2, 0.25) is 11.8 Å². The van der Waals surface area contributed by atoms with E-state index in [2.05, 4.69) is 21.2 Å². The van der Waals surface area contributed by atoms with E-state index < -0.39 is 17.8 Å². The highest BCUT2D eigenvalue weighted by Crippen LogP contribution is 2.27. The van der Waals surface area contributed by atoms with Crippen molar-refractivity contribution in [2.45, 2.75) is 19.8 Å². The van der Waals surface area contributed by atoms with E-state index in [1.807, 2.05) is 6.07 Å². The Morgan fingerprint density at radius 3 is 2.17 bits per heavy atom. The number of amides is 3. The van der Waals surface area contributed by atoms with Crippen LogP contribution in [-0.4, -0.2) is 50.2 Å². The van der Waals surface area contributed by atoms with Gasteiger partial charge in [-0.25, -0.2) is 10.2 Å². The Hall–Kier alpha value is -5.19. The number of rotatable bonds is 13. The summed E-state index contributed by atoms with van der Waals surface area (Å²) >= 11 is 0. The normalized spacial score (nSPS) is 10.4. The summed E-state index contributed by atoms with van der Waals surface area (Å²) < 4.78 is 15.9. The summed E-state index contributed by atoms with van der Waals surface area (Å²) in [6.45, 7) is 1.72. The number of methoxy groups -OCH3 is 1. The quantitative estimate of drug-likeness (QED) is 0.168. The molecule has 0 aliphatic rings. The number of nitrogens with one attached hydrogen (secondary N) is 3. The van der Waals surface area contributed by atoms with E-state index in [-0.39, 0.29) is 32.0 Å². The Morgan fingerprint density at radius 1 is 0.800 bits per heavy atom. The number of esters is 1. The third-order valence-corrected chi connectivity index (χ3v) is 5.27. The van der Waals surface area contributed by atoms with Crippen LogP contribution in [0.25, 0.3) is 0 Å². The molecule has 40 heavy (non-hydrogen) atoms. The van der Waals surface area contributed by atoms with E-state index in [0.717, 1.165) is 0 Å².